The summed E-state index contributed by atoms with van der Waals surface area (Å²) in [5.41, 5.74) is -1.46. The minimum absolute atomic E-state index is 0.403. The number of nitriles is 1. The maximum Gasteiger partial charge on any atom is 0.238 e. The normalized spacial score (nSPS) is 12.9. The van der Waals surface area contributed by atoms with Crippen molar-refractivity contribution < 1.29 is 20.1 Å². The van der Waals surface area contributed by atoms with E-state index >= 15 is 0 Å². The van der Waals surface area contributed by atoms with Crippen molar-refractivity contribution in [2.45, 2.75) is 25.3 Å². The molecule has 92 valence electrons. The Morgan fingerprint density at radius 2 is 1.88 bits per heavy atom. The Hall–Kier alpha value is -1.16. The van der Waals surface area contributed by atoms with E-state index < -0.39 is 37.2 Å². The van der Waals surface area contributed by atoms with Gasteiger partial charge in [-0.2, -0.15) is 5.26 Å². The van der Waals surface area contributed by atoms with Gasteiger partial charge in [-0.3, -0.25) is 4.79 Å². The summed E-state index contributed by atoms with van der Waals surface area (Å²) in [6, 6.07) is 1.84. The number of nitrogens with one attached hydrogen (secondary N) is 1. The second-order valence-corrected chi connectivity index (χ2v) is 3.71. The van der Waals surface area contributed by atoms with Gasteiger partial charge >= 0.3 is 0 Å². The Morgan fingerprint density at radius 1 is 1.38 bits per heavy atom. The first-order chi connectivity index (χ1) is 7.59. The number of carbonyl (C=O) groups excluding carboxylic acids is 1. The Bertz CT molecular complexity index is 250. The fraction of sp³-hybridized carbons (Fsp3) is 0.800. The molecule has 0 aliphatic carbocycles. The average Bonchev–Trinajstić information content (AvgIpc) is 2.33. The molecule has 0 bridgehead atoms. The number of amides is 1. The SMILES string of the molecule is CCCC(C#N)C(=O)NC(CO)(CO)CO. The fourth-order valence-electron chi connectivity index (χ4n) is 1.16. The van der Waals surface area contributed by atoms with Gasteiger partial charge in [0.05, 0.1) is 25.9 Å². The molecule has 0 radical (unpaired) electrons. The molecule has 0 heterocycles. The van der Waals surface area contributed by atoms with Crippen molar-refractivity contribution in [2.24, 2.45) is 5.92 Å². The summed E-state index contributed by atoms with van der Waals surface area (Å²) < 4.78 is 0. The smallest absolute Gasteiger partial charge is 0.238 e. The molecule has 0 rings (SSSR count). The van der Waals surface area contributed by atoms with Gasteiger partial charge in [-0.1, -0.05) is 13.3 Å². The molecule has 0 aromatic rings. The molecule has 0 saturated heterocycles. The number of carbonyl (C=O) groups is 1. The molecule has 0 spiro atoms. The second kappa shape index (κ2) is 7.17. The van der Waals surface area contributed by atoms with Gasteiger partial charge in [0, 0.05) is 0 Å². The van der Waals surface area contributed by atoms with E-state index in [1.807, 2.05) is 13.0 Å². The third kappa shape index (κ3) is 3.77. The molecule has 0 fully saturated rings. The van der Waals surface area contributed by atoms with Crippen LogP contribution >= 0.6 is 0 Å². The van der Waals surface area contributed by atoms with Crippen LogP contribution in [0.4, 0.5) is 0 Å². The van der Waals surface area contributed by atoms with Crippen molar-refractivity contribution >= 4 is 5.91 Å². The predicted octanol–water partition coefficient (Wildman–Crippen LogP) is -1.24. The molecule has 1 amide bonds. The minimum Gasteiger partial charge on any atom is -0.394 e. The van der Waals surface area contributed by atoms with Gasteiger partial charge in [0.1, 0.15) is 11.5 Å². The van der Waals surface area contributed by atoms with E-state index in [0.717, 1.165) is 0 Å². The first-order valence-corrected chi connectivity index (χ1v) is 5.13. The van der Waals surface area contributed by atoms with Crippen molar-refractivity contribution in [2.75, 3.05) is 19.8 Å². The van der Waals surface area contributed by atoms with Crippen molar-refractivity contribution in [3.05, 3.63) is 0 Å². The molecule has 0 aromatic heterocycles. The van der Waals surface area contributed by atoms with Gasteiger partial charge in [0.2, 0.25) is 5.91 Å². The summed E-state index contributed by atoms with van der Waals surface area (Å²) in [7, 11) is 0. The maximum atomic E-state index is 11.6. The van der Waals surface area contributed by atoms with Crippen LogP contribution in [0.25, 0.3) is 0 Å². The number of rotatable bonds is 7. The molecule has 1 atom stereocenters. The van der Waals surface area contributed by atoms with Crippen LogP contribution in [0.5, 0.6) is 0 Å². The zero-order valence-corrected chi connectivity index (χ0v) is 9.31. The molecule has 0 aliphatic rings. The molecule has 16 heavy (non-hydrogen) atoms. The number of hydrogen-bond donors (Lipinski definition) is 4. The monoisotopic (exact) mass is 230 g/mol. The Labute approximate surface area is 94.5 Å². The van der Waals surface area contributed by atoms with Gasteiger partial charge < -0.3 is 20.6 Å². The van der Waals surface area contributed by atoms with Crippen molar-refractivity contribution in [1.82, 2.24) is 5.32 Å². The van der Waals surface area contributed by atoms with Crippen LogP contribution in [0.1, 0.15) is 19.8 Å². The van der Waals surface area contributed by atoms with Gasteiger partial charge in [0.15, 0.2) is 0 Å². The van der Waals surface area contributed by atoms with Crippen LogP contribution in [-0.2, 0) is 4.79 Å². The van der Waals surface area contributed by atoms with E-state index in [0.29, 0.717) is 12.8 Å². The third-order valence-electron chi connectivity index (χ3n) is 2.35. The standard InChI is InChI=1S/C10H18N2O4/c1-2-3-8(4-11)9(16)12-10(5-13,6-14)7-15/h8,13-15H,2-3,5-7H2,1H3,(H,12,16). The molecule has 0 aromatic carbocycles. The van der Waals surface area contributed by atoms with E-state index in [4.69, 9.17) is 20.6 Å². The first kappa shape index (κ1) is 14.8. The number of aliphatic hydroxyl groups excluding tert-OH is 3. The van der Waals surface area contributed by atoms with Crippen molar-refractivity contribution in [3.63, 3.8) is 0 Å². The first-order valence-electron chi connectivity index (χ1n) is 5.13. The maximum absolute atomic E-state index is 11.6. The van der Waals surface area contributed by atoms with Crippen LogP contribution in [-0.4, -0.2) is 46.6 Å². The molecule has 0 saturated carbocycles. The lowest BCUT2D eigenvalue weighted by atomic mass is 9.99. The van der Waals surface area contributed by atoms with Gasteiger partial charge in [0.25, 0.3) is 0 Å². The summed E-state index contributed by atoms with van der Waals surface area (Å²) in [6.45, 7) is 0.0804. The number of hydrogen-bond acceptors (Lipinski definition) is 5. The van der Waals surface area contributed by atoms with E-state index in [9.17, 15) is 4.79 Å². The summed E-state index contributed by atoms with van der Waals surface area (Å²) in [6.07, 6.45) is 1.08. The fourth-order valence-corrected chi connectivity index (χ4v) is 1.16. The third-order valence-corrected chi connectivity index (χ3v) is 2.35. The van der Waals surface area contributed by atoms with E-state index in [1.54, 1.807) is 0 Å². The zero-order chi connectivity index (χ0) is 12.6. The van der Waals surface area contributed by atoms with Crippen LogP contribution < -0.4 is 5.32 Å². The van der Waals surface area contributed by atoms with Crippen LogP contribution in [0.3, 0.4) is 0 Å². The summed E-state index contributed by atoms with van der Waals surface area (Å²) >= 11 is 0. The van der Waals surface area contributed by atoms with Crippen LogP contribution in [0.2, 0.25) is 0 Å². The quantitative estimate of drug-likeness (QED) is 0.437. The Kier molecular flexibility index (Phi) is 6.65. The lowest BCUT2D eigenvalue weighted by Gasteiger charge is -2.29. The molecule has 4 N–H and O–H groups in total. The van der Waals surface area contributed by atoms with Gasteiger partial charge in [-0.25, -0.2) is 0 Å². The Morgan fingerprint density at radius 3 is 2.19 bits per heavy atom. The van der Waals surface area contributed by atoms with Crippen molar-refractivity contribution in [1.29, 1.82) is 5.26 Å². The molecule has 6 heteroatoms. The molecular weight excluding hydrogens is 212 g/mol. The van der Waals surface area contributed by atoms with E-state index in [2.05, 4.69) is 5.32 Å². The van der Waals surface area contributed by atoms with E-state index in [1.165, 1.54) is 0 Å². The summed E-state index contributed by atoms with van der Waals surface area (Å²) in [4.78, 5) is 11.6. The number of nitrogens with zero attached hydrogens (tertiary/aromatic N) is 1. The van der Waals surface area contributed by atoms with E-state index in [-0.39, 0.29) is 0 Å². The number of aliphatic hydroxyl groups is 3. The Balaban J connectivity index is 4.57. The second-order valence-electron chi connectivity index (χ2n) is 3.71. The molecule has 6 nitrogen and oxygen atoms in total. The van der Waals surface area contributed by atoms with Crippen LogP contribution in [0.15, 0.2) is 0 Å². The average molecular weight is 230 g/mol. The highest BCUT2D eigenvalue weighted by Gasteiger charge is 2.32. The zero-order valence-electron chi connectivity index (χ0n) is 9.31. The highest BCUT2D eigenvalue weighted by molar-refractivity contribution is 5.81. The summed E-state index contributed by atoms with van der Waals surface area (Å²) in [5, 5.41) is 38.0. The largest absolute Gasteiger partial charge is 0.394 e. The molecule has 0 aliphatic heterocycles. The van der Waals surface area contributed by atoms with Gasteiger partial charge in [-0.05, 0) is 6.42 Å². The lowest BCUT2D eigenvalue weighted by Crippen LogP contribution is -2.58. The van der Waals surface area contributed by atoms with Gasteiger partial charge in [-0.15, -0.1) is 0 Å². The highest BCUT2D eigenvalue weighted by Crippen LogP contribution is 2.09. The predicted molar refractivity (Wildman–Crippen MR) is 56.1 cm³/mol. The summed E-state index contributed by atoms with van der Waals surface area (Å²) in [5.74, 6) is -1.41. The minimum atomic E-state index is -1.46. The topological polar surface area (TPSA) is 114 Å². The molecular formula is C10H18N2O4. The highest BCUT2D eigenvalue weighted by atomic mass is 16.3. The lowest BCUT2D eigenvalue weighted by molar-refractivity contribution is -0.127. The molecule has 1 unspecified atom stereocenters. The van der Waals surface area contributed by atoms with Crippen molar-refractivity contribution in [3.8, 4) is 6.07 Å². The van der Waals surface area contributed by atoms with Crippen LogP contribution in [0, 0.1) is 17.2 Å².